The molecule has 0 fully saturated rings. The van der Waals surface area contributed by atoms with Gasteiger partial charge in [0.25, 0.3) is 0 Å². The minimum atomic E-state index is -1.82. The molecule has 0 aromatic heterocycles. The number of rotatable bonds is 6. The maximum Gasteiger partial charge on any atom is 0.414 e. The van der Waals surface area contributed by atoms with Crippen molar-refractivity contribution in [2.45, 2.75) is 6.54 Å². The van der Waals surface area contributed by atoms with Crippen molar-refractivity contribution < 1.29 is 24.5 Å². The highest BCUT2D eigenvalue weighted by atomic mass is 79.9. The third kappa shape index (κ3) is 8.30. The molecule has 128 valence electrons. The van der Waals surface area contributed by atoms with Gasteiger partial charge in [0.1, 0.15) is 12.4 Å². The SMILES string of the molecule is Brc1ccccc1OCCNCc1ccccc1.O=C(O)C(=O)O. The second-order valence-electron chi connectivity index (χ2n) is 4.55. The molecule has 0 radical (unpaired) electrons. The zero-order valence-electron chi connectivity index (χ0n) is 12.8. The quantitative estimate of drug-likeness (QED) is 0.514. The number of carboxylic acids is 2. The van der Waals surface area contributed by atoms with Gasteiger partial charge in [-0.25, -0.2) is 9.59 Å². The molecule has 0 aliphatic heterocycles. The summed E-state index contributed by atoms with van der Waals surface area (Å²) in [6, 6.07) is 18.2. The number of hydrogen-bond acceptors (Lipinski definition) is 4. The van der Waals surface area contributed by atoms with Crippen LogP contribution in [0.4, 0.5) is 0 Å². The Hall–Kier alpha value is -2.38. The van der Waals surface area contributed by atoms with Crippen LogP contribution in [0.5, 0.6) is 5.75 Å². The summed E-state index contributed by atoms with van der Waals surface area (Å²) in [4.78, 5) is 18.2. The van der Waals surface area contributed by atoms with Gasteiger partial charge in [-0.15, -0.1) is 0 Å². The van der Waals surface area contributed by atoms with E-state index >= 15 is 0 Å². The van der Waals surface area contributed by atoms with Gasteiger partial charge in [0, 0.05) is 13.1 Å². The van der Waals surface area contributed by atoms with Gasteiger partial charge < -0.3 is 20.3 Å². The molecule has 24 heavy (non-hydrogen) atoms. The third-order valence-electron chi connectivity index (χ3n) is 2.73. The van der Waals surface area contributed by atoms with E-state index in [-0.39, 0.29) is 0 Å². The molecular weight excluding hydrogens is 378 g/mol. The number of carboxylic acid groups (broad SMARTS) is 2. The van der Waals surface area contributed by atoms with Crippen LogP contribution in [0.3, 0.4) is 0 Å². The molecule has 0 aliphatic rings. The molecule has 2 aromatic rings. The molecule has 0 aliphatic carbocycles. The summed E-state index contributed by atoms with van der Waals surface area (Å²) in [7, 11) is 0. The van der Waals surface area contributed by atoms with Crippen molar-refractivity contribution in [3.63, 3.8) is 0 Å². The van der Waals surface area contributed by atoms with Crippen LogP contribution in [-0.2, 0) is 16.1 Å². The summed E-state index contributed by atoms with van der Waals surface area (Å²) in [5.74, 6) is -2.76. The van der Waals surface area contributed by atoms with Crippen LogP contribution in [0.25, 0.3) is 0 Å². The Balaban J connectivity index is 0.000000413. The van der Waals surface area contributed by atoms with E-state index in [9.17, 15) is 0 Å². The highest BCUT2D eigenvalue weighted by molar-refractivity contribution is 9.10. The Morgan fingerprint density at radius 2 is 1.54 bits per heavy atom. The van der Waals surface area contributed by atoms with Gasteiger partial charge in [-0.1, -0.05) is 42.5 Å². The zero-order chi connectivity index (χ0) is 17.8. The Bertz CT molecular complexity index is 636. The first-order chi connectivity index (χ1) is 11.5. The fraction of sp³-hybridized carbons (Fsp3) is 0.176. The largest absolute Gasteiger partial charge is 0.491 e. The molecule has 2 rings (SSSR count). The van der Waals surface area contributed by atoms with Gasteiger partial charge in [0.15, 0.2) is 0 Å². The van der Waals surface area contributed by atoms with Crippen molar-refractivity contribution in [1.82, 2.24) is 5.32 Å². The molecule has 0 saturated heterocycles. The van der Waals surface area contributed by atoms with Crippen molar-refractivity contribution in [2.24, 2.45) is 0 Å². The van der Waals surface area contributed by atoms with Crippen LogP contribution in [0.15, 0.2) is 59.1 Å². The predicted octanol–water partition coefficient (Wildman–Crippen LogP) is 2.77. The fourth-order valence-corrected chi connectivity index (χ4v) is 2.02. The van der Waals surface area contributed by atoms with Gasteiger partial charge >= 0.3 is 11.9 Å². The maximum absolute atomic E-state index is 9.10. The molecule has 0 bridgehead atoms. The number of ether oxygens (including phenoxy) is 1. The van der Waals surface area contributed by atoms with Crippen LogP contribution in [-0.4, -0.2) is 35.3 Å². The van der Waals surface area contributed by atoms with Gasteiger partial charge in [-0.05, 0) is 33.6 Å². The van der Waals surface area contributed by atoms with Crippen molar-refractivity contribution in [2.75, 3.05) is 13.2 Å². The van der Waals surface area contributed by atoms with E-state index in [1.807, 2.05) is 30.3 Å². The summed E-state index contributed by atoms with van der Waals surface area (Å²) >= 11 is 3.46. The molecule has 3 N–H and O–H groups in total. The third-order valence-corrected chi connectivity index (χ3v) is 3.38. The number of carbonyl (C=O) groups is 2. The lowest BCUT2D eigenvalue weighted by Crippen LogP contribution is -2.20. The first kappa shape index (κ1) is 19.7. The average Bonchev–Trinajstić information content (AvgIpc) is 2.57. The summed E-state index contributed by atoms with van der Waals surface area (Å²) in [5.41, 5.74) is 1.29. The number of benzene rings is 2. The van der Waals surface area contributed by atoms with Crippen LogP contribution < -0.4 is 10.1 Å². The molecule has 0 amide bonds. The number of para-hydroxylation sites is 1. The Labute approximate surface area is 148 Å². The van der Waals surface area contributed by atoms with Crippen molar-refractivity contribution >= 4 is 27.9 Å². The van der Waals surface area contributed by atoms with E-state index in [0.717, 1.165) is 23.3 Å². The number of aliphatic carboxylic acids is 2. The number of nitrogens with one attached hydrogen (secondary N) is 1. The predicted molar refractivity (Wildman–Crippen MR) is 93.1 cm³/mol. The molecule has 0 spiro atoms. The Morgan fingerprint density at radius 3 is 2.12 bits per heavy atom. The monoisotopic (exact) mass is 395 g/mol. The van der Waals surface area contributed by atoms with E-state index in [4.69, 9.17) is 24.5 Å². The molecular formula is C17H18BrNO5. The van der Waals surface area contributed by atoms with E-state index in [1.54, 1.807) is 0 Å². The van der Waals surface area contributed by atoms with E-state index in [1.165, 1.54) is 5.56 Å². The summed E-state index contributed by atoms with van der Waals surface area (Å²) in [5, 5.41) is 18.1. The number of hydrogen-bond donors (Lipinski definition) is 3. The van der Waals surface area contributed by atoms with Crippen LogP contribution >= 0.6 is 15.9 Å². The van der Waals surface area contributed by atoms with E-state index < -0.39 is 11.9 Å². The number of halogens is 1. The second kappa shape index (κ2) is 11.2. The van der Waals surface area contributed by atoms with Gasteiger partial charge in [-0.2, -0.15) is 0 Å². The lowest BCUT2D eigenvalue weighted by Gasteiger charge is -2.08. The Kier molecular flexibility index (Phi) is 9.18. The van der Waals surface area contributed by atoms with E-state index in [0.29, 0.717) is 6.61 Å². The van der Waals surface area contributed by atoms with E-state index in [2.05, 4.69) is 45.5 Å². The fourth-order valence-electron chi connectivity index (χ4n) is 1.62. The molecule has 0 atom stereocenters. The average molecular weight is 396 g/mol. The van der Waals surface area contributed by atoms with Gasteiger partial charge in [0.05, 0.1) is 4.47 Å². The van der Waals surface area contributed by atoms with Crippen molar-refractivity contribution in [1.29, 1.82) is 0 Å². The minimum Gasteiger partial charge on any atom is -0.491 e. The summed E-state index contributed by atoms with van der Waals surface area (Å²) < 4.78 is 6.66. The molecule has 0 unspecified atom stereocenters. The molecule has 7 heteroatoms. The zero-order valence-corrected chi connectivity index (χ0v) is 14.4. The van der Waals surface area contributed by atoms with Crippen molar-refractivity contribution in [3.8, 4) is 5.75 Å². The molecule has 2 aromatic carbocycles. The molecule has 6 nitrogen and oxygen atoms in total. The first-order valence-electron chi connectivity index (χ1n) is 7.09. The van der Waals surface area contributed by atoms with Crippen molar-refractivity contribution in [3.05, 3.63) is 64.6 Å². The van der Waals surface area contributed by atoms with Gasteiger partial charge in [0.2, 0.25) is 0 Å². The molecule has 0 heterocycles. The smallest absolute Gasteiger partial charge is 0.414 e. The topological polar surface area (TPSA) is 95.9 Å². The summed E-state index contributed by atoms with van der Waals surface area (Å²) in [6.07, 6.45) is 0. The normalized spacial score (nSPS) is 9.54. The van der Waals surface area contributed by atoms with Crippen LogP contribution in [0.1, 0.15) is 5.56 Å². The highest BCUT2D eigenvalue weighted by Crippen LogP contribution is 2.23. The minimum absolute atomic E-state index is 0.662. The van der Waals surface area contributed by atoms with Crippen LogP contribution in [0, 0.1) is 0 Å². The molecule has 0 saturated carbocycles. The Morgan fingerprint density at radius 1 is 0.958 bits per heavy atom. The summed E-state index contributed by atoms with van der Waals surface area (Å²) in [6.45, 7) is 2.37. The van der Waals surface area contributed by atoms with Crippen LogP contribution in [0.2, 0.25) is 0 Å². The first-order valence-corrected chi connectivity index (χ1v) is 7.88. The lowest BCUT2D eigenvalue weighted by molar-refractivity contribution is -0.159. The standard InChI is InChI=1S/C15H16BrNO.C2H2O4/c16-14-8-4-5-9-15(14)18-11-10-17-12-13-6-2-1-3-7-13;3-1(4)2(5)6/h1-9,17H,10-12H2;(H,3,4)(H,5,6). The maximum atomic E-state index is 9.10. The highest BCUT2D eigenvalue weighted by Gasteiger charge is 2.04. The van der Waals surface area contributed by atoms with Gasteiger partial charge in [-0.3, -0.25) is 0 Å². The second-order valence-corrected chi connectivity index (χ2v) is 5.41. The lowest BCUT2D eigenvalue weighted by atomic mass is 10.2.